The van der Waals surface area contributed by atoms with Crippen LogP contribution in [0, 0.1) is 0 Å². The topological polar surface area (TPSA) is 26.3 Å². The van der Waals surface area contributed by atoms with Crippen LogP contribution >= 0.6 is 0 Å². The SMILES string of the molecule is CC(=O)OC1CC(C)(C)c2cc(/C(C)=C/c3ccccc3)ccc2C1(C)C. The molecular formula is C25H30O2. The summed E-state index contributed by atoms with van der Waals surface area (Å²) in [6, 6.07) is 17.2. The molecule has 2 heteroatoms. The van der Waals surface area contributed by atoms with E-state index >= 15 is 0 Å². The Balaban J connectivity index is 2.04. The summed E-state index contributed by atoms with van der Waals surface area (Å²) in [5, 5.41) is 0. The van der Waals surface area contributed by atoms with Crippen LogP contribution in [0.15, 0.2) is 48.5 Å². The number of fused-ring (bicyclic) bond motifs is 1. The van der Waals surface area contributed by atoms with Crippen molar-refractivity contribution in [1.82, 2.24) is 0 Å². The molecule has 142 valence electrons. The van der Waals surface area contributed by atoms with Crippen LogP contribution in [0.3, 0.4) is 0 Å². The molecule has 0 aliphatic heterocycles. The zero-order valence-electron chi connectivity index (χ0n) is 17.3. The molecule has 1 aliphatic carbocycles. The molecule has 0 saturated heterocycles. The van der Waals surface area contributed by atoms with E-state index in [0.29, 0.717) is 0 Å². The second-order valence-electron chi connectivity index (χ2n) is 8.91. The highest BCUT2D eigenvalue weighted by Crippen LogP contribution is 2.47. The van der Waals surface area contributed by atoms with Gasteiger partial charge in [-0.25, -0.2) is 0 Å². The highest BCUT2D eigenvalue weighted by Gasteiger charge is 2.45. The number of carbonyl (C=O) groups is 1. The van der Waals surface area contributed by atoms with Crippen molar-refractivity contribution in [3.8, 4) is 0 Å². The molecule has 2 aromatic carbocycles. The molecule has 0 bridgehead atoms. The lowest BCUT2D eigenvalue weighted by Gasteiger charge is -2.46. The van der Waals surface area contributed by atoms with E-state index in [-0.39, 0.29) is 22.9 Å². The molecule has 0 fully saturated rings. The van der Waals surface area contributed by atoms with Crippen molar-refractivity contribution in [1.29, 1.82) is 0 Å². The van der Waals surface area contributed by atoms with Crippen LogP contribution in [0.1, 0.15) is 70.2 Å². The first kappa shape index (κ1) is 19.4. The Labute approximate surface area is 163 Å². The number of esters is 1. The molecule has 0 aromatic heterocycles. The zero-order chi connectivity index (χ0) is 19.8. The first-order chi connectivity index (χ1) is 12.6. The van der Waals surface area contributed by atoms with Gasteiger partial charge >= 0.3 is 5.97 Å². The smallest absolute Gasteiger partial charge is 0.302 e. The monoisotopic (exact) mass is 362 g/mol. The molecule has 3 rings (SSSR count). The minimum Gasteiger partial charge on any atom is -0.462 e. The summed E-state index contributed by atoms with van der Waals surface area (Å²) in [6.45, 7) is 12.5. The molecule has 0 saturated carbocycles. The summed E-state index contributed by atoms with van der Waals surface area (Å²) in [5.41, 5.74) is 6.09. The standard InChI is InChI=1S/C25H30O2/c1-17(14-19-10-8-7-9-11-19)20-12-13-21-22(15-20)24(3,4)16-23(25(21,5)6)27-18(2)26/h7-15,23H,16H2,1-6H3/b17-14+. The van der Waals surface area contributed by atoms with Crippen LogP contribution in [0.25, 0.3) is 11.6 Å². The molecule has 0 heterocycles. The molecule has 1 atom stereocenters. The summed E-state index contributed by atoms with van der Waals surface area (Å²) in [5.74, 6) is -0.203. The van der Waals surface area contributed by atoms with E-state index in [0.717, 1.165) is 6.42 Å². The largest absolute Gasteiger partial charge is 0.462 e. The molecule has 0 spiro atoms. The number of rotatable bonds is 3. The molecule has 0 N–H and O–H groups in total. The summed E-state index contributed by atoms with van der Waals surface area (Å²) < 4.78 is 5.71. The predicted molar refractivity (Wildman–Crippen MR) is 113 cm³/mol. The first-order valence-corrected chi connectivity index (χ1v) is 9.67. The van der Waals surface area contributed by atoms with E-state index in [1.807, 2.05) is 6.07 Å². The van der Waals surface area contributed by atoms with E-state index < -0.39 is 0 Å². The predicted octanol–water partition coefficient (Wildman–Crippen LogP) is 6.14. The van der Waals surface area contributed by atoms with Gasteiger partial charge < -0.3 is 4.74 Å². The summed E-state index contributed by atoms with van der Waals surface area (Å²) in [4.78, 5) is 11.6. The third-order valence-electron chi connectivity index (χ3n) is 5.89. The fraction of sp³-hybridized carbons (Fsp3) is 0.400. The molecule has 2 nitrogen and oxygen atoms in total. The number of hydrogen-bond donors (Lipinski definition) is 0. The second-order valence-corrected chi connectivity index (χ2v) is 8.91. The molecular weight excluding hydrogens is 332 g/mol. The quantitative estimate of drug-likeness (QED) is 0.484. The average Bonchev–Trinajstić information content (AvgIpc) is 2.60. The first-order valence-electron chi connectivity index (χ1n) is 9.67. The van der Waals surface area contributed by atoms with Gasteiger partial charge in [0.05, 0.1) is 0 Å². The van der Waals surface area contributed by atoms with E-state index in [1.54, 1.807) is 0 Å². The van der Waals surface area contributed by atoms with Crippen LogP contribution < -0.4 is 0 Å². The minimum atomic E-state index is -0.203. The van der Waals surface area contributed by atoms with Gasteiger partial charge in [0.25, 0.3) is 0 Å². The van der Waals surface area contributed by atoms with Crippen LogP contribution in [0.5, 0.6) is 0 Å². The van der Waals surface area contributed by atoms with Crippen molar-refractivity contribution >= 4 is 17.6 Å². The lowest BCUT2D eigenvalue weighted by molar-refractivity contribution is -0.151. The normalized spacial score (nSPS) is 20.7. The summed E-state index contributed by atoms with van der Waals surface area (Å²) >= 11 is 0. The summed E-state index contributed by atoms with van der Waals surface area (Å²) in [7, 11) is 0. The number of ether oxygens (including phenoxy) is 1. The van der Waals surface area contributed by atoms with Crippen molar-refractivity contribution in [2.45, 2.75) is 64.9 Å². The van der Waals surface area contributed by atoms with Crippen molar-refractivity contribution in [2.75, 3.05) is 0 Å². The van der Waals surface area contributed by atoms with Crippen molar-refractivity contribution in [2.24, 2.45) is 0 Å². The molecule has 0 amide bonds. The van der Waals surface area contributed by atoms with Gasteiger partial charge in [0.2, 0.25) is 0 Å². The molecule has 0 radical (unpaired) electrons. The van der Waals surface area contributed by atoms with Gasteiger partial charge in [-0.2, -0.15) is 0 Å². The van der Waals surface area contributed by atoms with Crippen LogP contribution in [0.4, 0.5) is 0 Å². The van der Waals surface area contributed by atoms with E-state index in [9.17, 15) is 4.79 Å². The second kappa shape index (κ2) is 6.99. The Morgan fingerprint density at radius 3 is 2.30 bits per heavy atom. The van der Waals surface area contributed by atoms with Gasteiger partial charge in [-0.05, 0) is 46.6 Å². The van der Waals surface area contributed by atoms with Gasteiger partial charge in [-0.1, -0.05) is 82.3 Å². The van der Waals surface area contributed by atoms with E-state index in [1.165, 1.54) is 34.8 Å². The maximum atomic E-state index is 11.6. The van der Waals surface area contributed by atoms with Gasteiger partial charge in [-0.3, -0.25) is 4.79 Å². The minimum absolute atomic E-state index is 0.0476. The third kappa shape index (κ3) is 3.85. The molecule has 27 heavy (non-hydrogen) atoms. The van der Waals surface area contributed by atoms with Gasteiger partial charge in [0.1, 0.15) is 6.10 Å². The molecule has 1 aliphatic rings. The maximum Gasteiger partial charge on any atom is 0.302 e. The Morgan fingerprint density at radius 1 is 1.00 bits per heavy atom. The van der Waals surface area contributed by atoms with Crippen molar-refractivity contribution in [3.05, 3.63) is 70.8 Å². The molecule has 1 unspecified atom stereocenters. The summed E-state index contributed by atoms with van der Waals surface area (Å²) in [6.07, 6.45) is 2.95. The van der Waals surface area contributed by atoms with Crippen LogP contribution in [-0.2, 0) is 20.4 Å². The number of benzene rings is 2. The highest BCUT2D eigenvalue weighted by atomic mass is 16.5. The Morgan fingerprint density at radius 2 is 1.67 bits per heavy atom. The third-order valence-corrected chi connectivity index (χ3v) is 5.89. The van der Waals surface area contributed by atoms with Gasteiger partial charge in [0, 0.05) is 12.3 Å². The maximum absolute atomic E-state index is 11.6. The number of hydrogen-bond acceptors (Lipinski definition) is 2. The van der Waals surface area contributed by atoms with Crippen molar-refractivity contribution < 1.29 is 9.53 Å². The Hall–Kier alpha value is -2.35. The van der Waals surface area contributed by atoms with E-state index in [2.05, 4.69) is 83.2 Å². The molecule has 2 aromatic rings. The average molecular weight is 363 g/mol. The fourth-order valence-corrected chi connectivity index (χ4v) is 4.19. The van der Waals surface area contributed by atoms with Crippen LogP contribution in [-0.4, -0.2) is 12.1 Å². The van der Waals surface area contributed by atoms with Crippen molar-refractivity contribution in [3.63, 3.8) is 0 Å². The lowest BCUT2D eigenvalue weighted by Crippen LogP contribution is -2.47. The number of allylic oxidation sites excluding steroid dienone is 1. The lowest BCUT2D eigenvalue weighted by atomic mass is 9.61. The Kier molecular flexibility index (Phi) is 5.03. The van der Waals surface area contributed by atoms with Crippen LogP contribution in [0.2, 0.25) is 0 Å². The van der Waals surface area contributed by atoms with Gasteiger partial charge in [-0.15, -0.1) is 0 Å². The Bertz CT molecular complexity index is 872. The zero-order valence-corrected chi connectivity index (χ0v) is 17.3. The highest BCUT2D eigenvalue weighted by molar-refractivity contribution is 5.80. The number of carbonyl (C=O) groups excluding carboxylic acids is 1. The van der Waals surface area contributed by atoms with E-state index in [4.69, 9.17) is 4.74 Å². The fourth-order valence-electron chi connectivity index (χ4n) is 4.19. The van der Waals surface area contributed by atoms with Gasteiger partial charge in [0.15, 0.2) is 0 Å².